The highest BCUT2D eigenvalue weighted by Crippen LogP contribution is 2.20. The maximum absolute atomic E-state index is 12.1. The van der Waals surface area contributed by atoms with Gasteiger partial charge in [-0.3, -0.25) is 9.59 Å². The number of carbonyl (C=O) groups is 2. The van der Waals surface area contributed by atoms with E-state index in [1.807, 2.05) is 26.0 Å². The van der Waals surface area contributed by atoms with Crippen LogP contribution in [0.3, 0.4) is 0 Å². The predicted molar refractivity (Wildman–Crippen MR) is 82.7 cm³/mol. The Morgan fingerprint density at radius 3 is 2.29 bits per heavy atom. The van der Waals surface area contributed by atoms with Crippen molar-refractivity contribution >= 4 is 11.8 Å². The van der Waals surface area contributed by atoms with Gasteiger partial charge in [0.05, 0.1) is 6.54 Å². The standard InChI is InChI=1S/C17H24N2O2/c1-11(2)14-7-5-13(6-8-14)10-19-15(20)9-18-17(21)16(19)12(3)4/h5-8,11-12,16H,9-10H2,1-4H3,(H,18,21). The summed E-state index contributed by atoms with van der Waals surface area (Å²) in [5.74, 6) is 0.527. The Morgan fingerprint density at radius 1 is 1.14 bits per heavy atom. The number of nitrogens with one attached hydrogen (secondary N) is 1. The van der Waals surface area contributed by atoms with Gasteiger partial charge in [0.15, 0.2) is 0 Å². The maximum atomic E-state index is 12.1. The number of amides is 2. The van der Waals surface area contributed by atoms with Gasteiger partial charge in [0, 0.05) is 6.54 Å². The molecule has 0 aromatic heterocycles. The molecule has 1 heterocycles. The highest BCUT2D eigenvalue weighted by Gasteiger charge is 2.36. The molecule has 1 saturated heterocycles. The highest BCUT2D eigenvalue weighted by atomic mass is 16.2. The molecule has 0 aliphatic carbocycles. The number of rotatable bonds is 4. The minimum atomic E-state index is -0.379. The van der Waals surface area contributed by atoms with Crippen molar-refractivity contribution in [3.05, 3.63) is 35.4 Å². The highest BCUT2D eigenvalue weighted by molar-refractivity contribution is 5.94. The monoisotopic (exact) mass is 288 g/mol. The molecule has 1 aromatic carbocycles. The molecule has 1 atom stereocenters. The van der Waals surface area contributed by atoms with Gasteiger partial charge in [0.1, 0.15) is 6.04 Å². The van der Waals surface area contributed by atoms with E-state index in [2.05, 4.69) is 31.3 Å². The molecule has 0 bridgehead atoms. The fourth-order valence-corrected chi connectivity index (χ4v) is 2.72. The molecule has 0 radical (unpaired) electrons. The first-order chi connectivity index (χ1) is 9.90. The summed E-state index contributed by atoms with van der Waals surface area (Å²) >= 11 is 0. The predicted octanol–water partition coefficient (Wildman–Crippen LogP) is 2.29. The fraction of sp³-hybridized carbons (Fsp3) is 0.529. The quantitative estimate of drug-likeness (QED) is 0.924. The Balaban J connectivity index is 2.18. The van der Waals surface area contributed by atoms with Crippen molar-refractivity contribution in [3.8, 4) is 0 Å². The molecule has 2 rings (SSSR count). The molecular weight excluding hydrogens is 264 g/mol. The zero-order chi connectivity index (χ0) is 15.6. The minimum Gasteiger partial charge on any atom is -0.345 e. The van der Waals surface area contributed by atoms with E-state index in [1.54, 1.807) is 4.90 Å². The Labute approximate surface area is 126 Å². The third kappa shape index (κ3) is 3.43. The zero-order valence-corrected chi connectivity index (χ0v) is 13.2. The van der Waals surface area contributed by atoms with Gasteiger partial charge < -0.3 is 10.2 Å². The summed E-state index contributed by atoms with van der Waals surface area (Å²) in [6.45, 7) is 8.85. The zero-order valence-electron chi connectivity index (χ0n) is 13.2. The summed E-state index contributed by atoms with van der Waals surface area (Å²) in [5.41, 5.74) is 2.34. The number of hydrogen-bond donors (Lipinski definition) is 1. The van der Waals surface area contributed by atoms with E-state index in [4.69, 9.17) is 0 Å². The van der Waals surface area contributed by atoms with Gasteiger partial charge >= 0.3 is 0 Å². The molecule has 4 nitrogen and oxygen atoms in total. The number of benzene rings is 1. The van der Waals surface area contributed by atoms with Gasteiger partial charge in [-0.15, -0.1) is 0 Å². The molecule has 1 N–H and O–H groups in total. The van der Waals surface area contributed by atoms with E-state index in [0.29, 0.717) is 12.5 Å². The SMILES string of the molecule is CC(C)c1ccc(CN2C(=O)CNC(=O)C2C(C)C)cc1. The molecule has 0 saturated carbocycles. The third-order valence-corrected chi connectivity index (χ3v) is 3.97. The van der Waals surface area contributed by atoms with Crippen LogP contribution in [-0.2, 0) is 16.1 Å². The fourth-order valence-electron chi connectivity index (χ4n) is 2.72. The van der Waals surface area contributed by atoms with Crippen molar-refractivity contribution in [2.45, 2.75) is 46.2 Å². The van der Waals surface area contributed by atoms with Gasteiger partial charge in [0.25, 0.3) is 0 Å². The van der Waals surface area contributed by atoms with Gasteiger partial charge in [-0.05, 0) is 23.0 Å². The molecular formula is C17H24N2O2. The van der Waals surface area contributed by atoms with Gasteiger partial charge in [-0.25, -0.2) is 0 Å². The lowest BCUT2D eigenvalue weighted by molar-refractivity contribution is -0.148. The second kappa shape index (κ2) is 6.29. The summed E-state index contributed by atoms with van der Waals surface area (Å²) in [6.07, 6.45) is 0. The van der Waals surface area contributed by atoms with Gasteiger partial charge in [0.2, 0.25) is 11.8 Å². The molecule has 0 spiro atoms. The van der Waals surface area contributed by atoms with E-state index >= 15 is 0 Å². The van der Waals surface area contributed by atoms with Crippen LogP contribution in [0.1, 0.15) is 44.7 Å². The maximum Gasteiger partial charge on any atom is 0.243 e. The van der Waals surface area contributed by atoms with E-state index in [0.717, 1.165) is 5.56 Å². The molecule has 1 aliphatic heterocycles. The normalized spacial score (nSPS) is 19.3. The molecule has 1 aromatic rings. The van der Waals surface area contributed by atoms with Crippen molar-refractivity contribution in [3.63, 3.8) is 0 Å². The Hall–Kier alpha value is -1.84. The smallest absolute Gasteiger partial charge is 0.243 e. The first kappa shape index (κ1) is 15.5. The number of nitrogens with zero attached hydrogens (tertiary/aromatic N) is 1. The largest absolute Gasteiger partial charge is 0.345 e. The lowest BCUT2D eigenvalue weighted by Crippen LogP contribution is -2.59. The Kier molecular flexibility index (Phi) is 4.66. The van der Waals surface area contributed by atoms with E-state index in [9.17, 15) is 9.59 Å². The number of piperazine rings is 1. The van der Waals surface area contributed by atoms with Crippen LogP contribution < -0.4 is 5.32 Å². The molecule has 114 valence electrons. The van der Waals surface area contributed by atoms with Crippen LogP contribution in [0, 0.1) is 5.92 Å². The van der Waals surface area contributed by atoms with E-state index in [1.165, 1.54) is 5.56 Å². The Bertz CT molecular complexity index is 520. The molecule has 1 unspecified atom stereocenters. The van der Waals surface area contributed by atoms with E-state index in [-0.39, 0.29) is 30.3 Å². The average molecular weight is 288 g/mol. The van der Waals surface area contributed by atoms with Crippen LogP contribution in [-0.4, -0.2) is 29.3 Å². The van der Waals surface area contributed by atoms with Crippen LogP contribution in [0.2, 0.25) is 0 Å². The molecule has 21 heavy (non-hydrogen) atoms. The summed E-state index contributed by atoms with van der Waals surface area (Å²) in [5, 5.41) is 2.67. The lowest BCUT2D eigenvalue weighted by Gasteiger charge is -2.37. The lowest BCUT2D eigenvalue weighted by atomic mass is 9.97. The first-order valence-corrected chi connectivity index (χ1v) is 7.56. The molecule has 2 amide bonds. The van der Waals surface area contributed by atoms with Crippen LogP contribution in [0.15, 0.2) is 24.3 Å². The van der Waals surface area contributed by atoms with Crippen molar-refractivity contribution in [2.24, 2.45) is 5.92 Å². The molecule has 1 aliphatic rings. The van der Waals surface area contributed by atoms with E-state index < -0.39 is 0 Å². The third-order valence-electron chi connectivity index (χ3n) is 3.97. The minimum absolute atomic E-state index is 0.0127. The van der Waals surface area contributed by atoms with Crippen molar-refractivity contribution in [1.29, 1.82) is 0 Å². The first-order valence-electron chi connectivity index (χ1n) is 7.56. The number of hydrogen-bond acceptors (Lipinski definition) is 2. The molecule has 1 fully saturated rings. The van der Waals surface area contributed by atoms with Gasteiger partial charge in [-0.1, -0.05) is 52.0 Å². The van der Waals surface area contributed by atoms with Crippen LogP contribution in [0.5, 0.6) is 0 Å². The van der Waals surface area contributed by atoms with Crippen LogP contribution in [0.25, 0.3) is 0 Å². The summed E-state index contributed by atoms with van der Waals surface area (Å²) in [6, 6.07) is 7.91. The van der Waals surface area contributed by atoms with Crippen LogP contribution in [0.4, 0.5) is 0 Å². The topological polar surface area (TPSA) is 49.4 Å². The average Bonchev–Trinajstić information content (AvgIpc) is 2.43. The molecule has 4 heteroatoms. The van der Waals surface area contributed by atoms with Gasteiger partial charge in [-0.2, -0.15) is 0 Å². The summed E-state index contributed by atoms with van der Waals surface area (Å²) in [4.78, 5) is 25.9. The van der Waals surface area contributed by atoms with Crippen molar-refractivity contribution < 1.29 is 9.59 Å². The Morgan fingerprint density at radius 2 is 1.76 bits per heavy atom. The second-order valence-electron chi connectivity index (χ2n) is 6.32. The second-order valence-corrected chi connectivity index (χ2v) is 6.32. The van der Waals surface area contributed by atoms with Crippen LogP contribution >= 0.6 is 0 Å². The number of carbonyl (C=O) groups excluding carboxylic acids is 2. The summed E-state index contributed by atoms with van der Waals surface area (Å²) in [7, 11) is 0. The van der Waals surface area contributed by atoms with Crippen molar-refractivity contribution in [2.75, 3.05) is 6.54 Å². The summed E-state index contributed by atoms with van der Waals surface area (Å²) < 4.78 is 0. The van der Waals surface area contributed by atoms with Crippen molar-refractivity contribution in [1.82, 2.24) is 10.2 Å².